The fourth-order valence-corrected chi connectivity index (χ4v) is 2.83. The fourth-order valence-electron chi connectivity index (χ4n) is 2.70. The molecule has 1 unspecified atom stereocenters. The molecule has 0 radical (unpaired) electrons. The van der Waals surface area contributed by atoms with Gasteiger partial charge in [0, 0.05) is 23.7 Å². The number of halogens is 1. The van der Waals surface area contributed by atoms with Crippen LogP contribution in [0, 0.1) is 5.92 Å². The molecular formula is C19H26ClN3O2. The summed E-state index contributed by atoms with van der Waals surface area (Å²) in [6, 6.07) is 6.09. The first-order valence-corrected chi connectivity index (χ1v) is 9.06. The van der Waals surface area contributed by atoms with Crippen molar-refractivity contribution in [2.45, 2.75) is 32.7 Å². The number of hydrogen-bond donors (Lipinski definition) is 3. The van der Waals surface area contributed by atoms with Gasteiger partial charge in [0.25, 0.3) is 5.91 Å². The number of benzene rings is 1. The van der Waals surface area contributed by atoms with Crippen molar-refractivity contribution in [1.82, 2.24) is 16.0 Å². The van der Waals surface area contributed by atoms with E-state index in [1.54, 1.807) is 24.3 Å². The van der Waals surface area contributed by atoms with E-state index in [0.717, 1.165) is 19.5 Å². The van der Waals surface area contributed by atoms with Crippen LogP contribution in [0.25, 0.3) is 0 Å². The van der Waals surface area contributed by atoms with Crippen LogP contribution in [0.15, 0.2) is 35.9 Å². The van der Waals surface area contributed by atoms with Gasteiger partial charge in [-0.2, -0.15) is 0 Å². The molecular weight excluding hydrogens is 338 g/mol. The summed E-state index contributed by atoms with van der Waals surface area (Å²) in [4.78, 5) is 25.0. The summed E-state index contributed by atoms with van der Waals surface area (Å²) in [5.41, 5.74) is 1.71. The topological polar surface area (TPSA) is 70.2 Å². The maximum atomic E-state index is 12.6. The predicted octanol–water partition coefficient (Wildman–Crippen LogP) is 2.52. The molecule has 0 saturated heterocycles. The largest absolute Gasteiger partial charge is 0.351 e. The first-order valence-electron chi connectivity index (χ1n) is 8.68. The lowest BCUT2D eigenvalue weighted by Gasteiger charge is -2.21. The van der Waals surface area contributed by atoms with Gasteiger partial charge < -0.3 is 16.0 Å². The predicted molar refractivity (Wildman–Crippen MR) is 101 cm³/mol. The smallest absolute Gasteiger partial charge is 0.251 e. The zero-order chi connectivity index (χ0) is 18.2. The van der Waals surface area contributed by atoms with Crippen LogP contribution in [0.4, 0.5) is 0 Å². The Bertz CT molecular complexity index is 626. The van der Waals surface area contributed by atoms with Crippen molar-refractivity contribution in [2.24, 2.45) is 5.92 Å². The number of carbonyl (C=O) groups is 2. The van der Waals surface area contributed by atoms with E-state index in [4.69, 9.17) is 11.6 Å². The number of rotatable bonds is 7. The summed E-state index contributed by atoms with van der Waals surface area (Å²) in [6.45, 7) is 6.37. The molecule has 1 aliphatic rings. The minimum absolute atomic E-state index is 0.143. The Balaban J connectivity index is 1.96. The molecule has 0 bridgehead atoms. The second-order valence-corrected chi connectivity index (χ2v) is 7.13. The van der Waals surface area contributed by atoms with E-state index in [-0.39, 0.29) is 11.8 Å². The van der Waals surface area contributed by atoms with Gasteiger partial charge in [0.2, 0.25) is 5.91 Å². The Hall–Kier alpha value is -1.85. The highest BCUT2D eigenvalue weighted by Gasteiger charge is 2.22. The molecule has 5 nitrogen and oxygen atoms in total. The first kappa shape index (κ1) is 19.5. The van der Waals surface area contributed by atoms with Gasteiger partial charge >= 0.3 is 0 Å². The molecule has 1 aromatic rings. The molecule has 2 rings (SSSR count). The highest BCUT2D eigenvalue weighted by atomic mass is 35.5. The van der Waals surface area contributed by atoms with E-state index in [1.807, 2.05) is 13.8 Å². The van der Waals surface area contributed by atoms with Crippen molar-refractivity contribution >= 4 is 23.4 Å². The summed E-state index contributed by atoms with van der Waals surface area (Å²) in [7, 11) is 0. The lowest BCUT2D eigenvalue weighted by Crippen LogP contribution is -2.48. The van der Waals surface area contributed by atoms with E-state index in [9.17, 15) is 9.59 Å². The number of hydrogen-bond acceptors (Lipinski definition) is 3. The van der Waals surface area contributed by atoms with Crippen molar-refractivity contribution in [3.05, 3.63) is 46.5 Å². The van der Waals surface area contributed by atoms with Crippen LogP contribution in [0.1, 0.15) is 37.0 Å². The molecule has 0 saturated carbocycles. The van der Waals surface area contributed by atoms with E-state index < -0.39 is 6.04 Å². The average molecular weight is 364 g/mol. The molecule has 1 aromatic carbocycles. The van der Waals surface area contributed by atoms with Crippen molar-refractivity contribution in [1.29, 1.82) is 0 Å². The lowest BCUT2D eigenvalue weighted by molar-refractivity contribution is -0.123. The molecule has 2 amide bonds. The number of amides is 2. The maximum absolute atomic E-state index is 12.6. The molecule has 1 atom stereocenters. The lowest BCUT2D eigenvalue weighted by atomic mass is 10.0. The van der Waals surface area contributed by atoms with Crippen LogP contribution in [-0.2, 0) is 4.79 Å². The molecule has 0 aromatic heterocycles. The third-order valence-electron chi connectivity index (χ3n) is 4.08. The fraction of sp³-hybridized carbons (Fsp3) is 0.474. The number of nitrogens with one attached hydrogen (secondary N) is 3. The Morgan fingerprint density at radius 3 is 2.56 bits per heavy atom. The minimum Gasteiger partial charge on any atom is -0.351 e. The van der Waals surface area contributed by atoms with Crippen molar-refractivity contribution in [3.8, 4) is 0 Å². The van der Waals surface area contributed by atoms with Gasteiger partial charge in [0.05, 0.1) is 0 Å². The molecule has 0 aliphatic carbocycles. The van der Waals surface area contributed by atoms with Crippen LogP contribution in [-0.4, -0.2) is 37.5 Å². The Morgan fingerprint density at radius 1 is 1.24 bits per heavy atom. The van der Waals surface area contributed by atoms with E-state index in [2.05, 4.69) is 22.0 Å². The monoisotopic (exact) mass is 363 g/mol. The molecule has 6 heteroatoms. The SMILES string of the molecule is CC(C)CC(NC(=O)c1ccc(Cl)cc1)C(=O)NCC1=CCNCC1. The zero-order valence-electron chi connectivity index (χ0n) is 14.8. The first-order chi connectivity index (χ1) is 12.0. The van der Waals surface area contributed by atoms with E-state index in [1.165, 1.54) is 5.57 Å². The van der Waals surface area contributed by atoms with Crippen LogP contribution < -0.4 is 16.0 Å². The van der Waals surface area contributed by atoms with Crippen LogP contribution >= 0.6 is 11.6 Å². The van der Waals surface area contributed by atoms with Gasteiger partial charge in [-0.25, -0.2) is 0 Å². The quantitative estimate of drug-likeness (QED) is 0.652. The highest BCUT2D eigenvalue weighted by Crippen LogP contribution is 2.11. The standard InChI is InChI=1S/C19H26ClN3O2/c1-13(2)11-17(19(25)22-12-14-7-9-21-10-8-14)23-18(24)15-3-5-16(20)6-4-15/h3-7,13,17,21H,8-12H2,1-2H3,(H,22,25)(H,23,24). The summed E-state index contributed by atoms with van der Waals surface area (Å²) in [6.07, 6.45) is 3.63. The maximum Gasteiger partial charge on any atom is 0.251 e. The molecule has 0 spiro atoms. The van der Waals surface area contributed by atoms with Crippen LogP contribution in [0.5, 0.6) is 0 Å². The summed E-state index contributed by atoms with van der Waals surface area (Å²) < 4.78 is 0. The second kappa shape index (κ2) is 9.59. The summed E-state index contributed by atoms with van der Waals surface area (Å²) in [5, 5.41) is 9.62. The summed E-state index contributed by atoms with van der Waals surface area (Å²) in [5.74, 6) is -0.117. The normalized spacial score (nSPS) is 15.4. The molecule has 0 fully saturated rings. The third-order valence-corrected chi connectivity index (χ3v) is 4.33. The van der Waals surface area contributed by atoms with Gasteiger partial charge in [-0.05, 0) is 49.6 Å². The Labute approximate surface area is 154 Å². The van der Waals surface area contributed by atoms with Gasteiger partial charge in [-0.3, -0.25) is 9.59 Å². The van der Waals surface area contributed by atoms with Crippen LogP contribution in [0.2, 0.25) is 5.02 Å². The van der Waals surface area contributed by atoms with Crippen molar-refractivity contribution < 1.29 is 9.59 Å². The highest BCUT2D eigenvalue weighted by molar-refractivity contribution is 6.30. The van der Waals surface area contributed by atoms with Gasteiger partial charge in [0.1, 0.15) is 6.04 Å². The zero-order valence-corrected chi connectivity index (χ0v) is 15.5. The van der Waals surface area contributed by atoms with Gasteiger partial charge in [-0.1, -0.05) is 37.1 Å². The molecule has 1 heterocycles. The molecule has 1 aliphatic heterocycles. The van der Waals surface area contributed by atoms with Gasteiger partial charge in [-0.15, -0.1) is 0 Å². The van der Waals surface area contributed by atoms with E-state index in [0.29, 0.717) is 29.5 Å². The average Bonchev–Trinajstić information content (AvgIpc) is 2.60. The molecule has 3 N–H and O–H groups in total. The Morgan fingerprint density at radius 2 is 1.96 bits per heavy atom. The third kappa shape index (κ3) is 6.52. The van der Waals surface area contributed by atoms with Gasteiger partial charge in [0.15, 0.2) is 0 Å². The Kier molecular flexibility index (Phi) is 7.47. The second-order valence-electron chi connectivity index (χ2n) is 6.70. The molecule has 136 valence electrons. The van der Waals surface area contributed by atoms with Crippen LogP contribution in [0.3, 0.4) is 0 Å². The minimum atomic E-state index is -0.550. The number of carbonyl (C=O) groups excluding carboxylic acids is 2. The van der Waals surface area contributed by atoms with Crippen molar-refractivity contribution in [2.75, 3.05) is 19.6 Å². The van der Waals surface area contributed by atoms with E-state index >= 15 is 0 Å². The molecule has 25 heavy (non-hydrogen) atoms. The van der Waals surface area contributed by atoms with Crippen molar-refractivity contribution in [3.63, 3.8) is 0 Å². The summed E-state index contributed by atoms with van der Waals surface area (Å²) >= 11 is 5.85.